The van der Waals surface area contributed by atoms with E-state index in [4.69, 9.17) is 0 Å². The molecule has 3 nitrogen and oxygen atoms in total. The molecule has 0 spiro atoms. The summed E-state index contributed by atoms with van der Waals surface area (Å²) in [6.45, 7) is 13.2. The summed E-state index contributed by atoms with van der Waals surface area (Å²) in [6, 6.07) is 2.33. The number of nitrogens with zero attached hydrogens (tertiary/aromatic N) is 1. The topological polar surface area (TPSA) is 45.1 Å². The van der Waals surface area contributed by atoms with Crippen molar-refractivity contribution in [3.63, 3.8) is 0 Å². The maximum absolute atomic E-state index is 9.92. The van der Waals surface area contributed by atoms with Gasteiger partial charge in [-0.15, -0.1) is 0 Å². The SMILES string of the molecule is Cc1cc(C)c(C(C)NCC(O)CC(C)C)c(C)n1. The van der Waals surface area contributed by atoms with Gasteiger partial charge in [0.1, 0.15) is 0 Å². The molecule has 0 aliphatic rings. The molecule has 2 unspecified atom stereocenters. The Morgan fingerprint density at radius 2 is 1.84 bits per heavy atom. The molecule has 0 aromatic carbocycles. The predicted octanol–water partition coefficient (Wildman–Crippen LogP) is 3.06. The van der Waals surface area contributed by atoms with Gasteiger partial charge in [0.25, 0.3) is 0 Å². The smallest absolute Gasteiger partial charge is 0.0667 e. The normalized spacial score (nSPS) is 14.7. The highest BCUT2D eigenvalue weighted by Gasteiger charge is 2.14. The maximum atomic E-state index is 9.92. The molecular weight excluding hydrogens is 236 g/mol. The zero-order valence-electron chi connectivity index (χ0n) is 13.1. The molecule has 0 fully saturated rings. The van der Waals surface area contributed by atoms with Crippen LogP contribution in [-0.2, 0) is 0 Å². The van der Waals surface area contributed by atoms with Crippen molar-refractivity contribution in [1.29, 1.82) is 0 Å². The second-order valence-corrected chi connectivity index (χ2v) is 5.99. The number of rotatable bonds is 6. The minimum absolute atomic E-state index is 0.218. The van der Waals surface area contributed by atoms with Crippen molar-refractivity contribution < 1.29 is 5.11 Å². The van der Waals surface area contributed by atoms with Gasteiger partial charge >= 0.3 is 0 Å². The van der Waals surface area contributed by atoms with Crippen LogP contribution in [-0.4, -0.2) is 22.7 Å². The van der Waals surface area contributed by atoms with Crippen molar-refractivity contribution >= 4 is 0 Å². The molecule has 0 radical (unpaired) electrons. The van der Waals surface area contributed by atoms with Crippen molar-refractivity contribution in [1.82, 2.24) is 10.3 Å². The molecule has 1 aromatic rings. The molecule has 1 heterocycles. The van der Waals surface area contributed by atoms with E-state index in [0.717, 1.165) is 17.8 Å². The summed E-state index contributed by atoms with van der Waals surface area (Å²) < 4.78 is 0. The van der Waals surface area contributed by atoms with Gasteiger partial charge < -0.3 is 10.4 Å². The first-order valence-corrected chi connectivity index (χ1v) is 7.17. The zero-order valence-corrected chi connectivity index (χ0v) is 13.1. The van der Waals surface area contributed by atoms with Gasteiger partial charge in [0.2, 0.25) is 0 Å². The summed E-state index contributed by atoms with van der Waals surface area (Å²) in [5, 5.41) is 13.3. The number of aliphatic hydroxyl groups excluding tert-OH is 1. The Balaban J connectivity index is 2.66. The lowest BCUT2D eigenvalue weighted by Crippen LogP contribution is -2.30. The second kappa shape index (κ2) is 7.01. The fourth-order valence-electron chi connectivity index (χ4n) is 2.73. The minimum atomic E-state index is -0.276. The first kappa shape index (κ1) is 16.1. The highest BCUT2D eigenvalue weighted by Crippen LogP contribution is 2.21. The van der Waals surface area contributed by atoms with E-state index in [1.54, 1.807) is 0 Å². The summed E-state index contributed by atoms with van der Waals surface area (Å²) in [5.41, 5.74) is 4.66. The van der Waals surface area contributed by atoms with Crippen LogP contribution in [0, 0.1) is 26.7 Å². The predicted molar refractivity (Wildman–Crippen MR) is 80.3 cm³/mol. The van der Waals surface area contributed by atoms with Crippen LogP contribution in [0.3, 0.4) is 0 Å². The summed E-state index contributed by atoms with van der Waals surface area (Å²) in [5.74, 6) is 0.525. The van der Waals surface area contributed by atoms with Gasteiger partial charge in [0.05, 0.1) is 6.10 Å². The van der Waals surface area contributed by atoms with Crippen LogP contribution in [0.2, 0.25) is 0 Å². The summed E-state index contributed by atoms with van der Waals surface area (Å²) >= 11 is 0. The van der Waals surface area contributed by atoms with Gasteiger partial charge in [-0.2, -0.15) is 0 Å². The average Bonchev–Trinajstić information content (AvgIpc) is 2.23. The van der Waals surface area contributed by atoms with Gasteiger partial charge in [-0.25, -0.2) is 0 Å². The third-order valence-corrected chi connectivity index (χ3v) is 3.42. The van der Waals surface area contributed by atoms with Crippen LogP contribution in [0.5, 0.6) is 0 Å². The fourth-order valence-corrected chi connectivity index (χ4v) is 2.73. The Labute approximate surface area is 117 Å². The Morgan fingerprint density at radius 1 is 1.21 bits per heavy atom. The van der Waals surface area contributed by atoms with Crippen LogP contribution in [0.4, 0.5) is 0 Å². The molecule has 1 rings (SSSR count). The number of hydrogen-bond donors (Lipinski definition) is 2. The molecule has 0 bridgehead atoms. The van der Waals surface area contributed by atoms with Crippen molar-refractivity contribution in [2.75, 3.05) is 6.54 Å². The zero-order chi connectivity index (χ0) is 14.6. The quantitative estimate of drug-likeness (QED) is 0.830. The number of pyridine rings is 1. The Bertz CT molecular complexity index is 392. The van der Waals surface area contributed by atoms with Crippen LogP contribution in [0.15, 0.2) is 6.07 Å². The molecule has 0 amide bonds. The third-order valence-electron chi connectivity index (χ3n) is 3.42. The number of aliphatic hydroxyl groups is 1. The average molecular weight is 264 g/mol. The first-order chi connectivity index (χ1) is 8.81. The molecule has 19 heavy (non-hydrogen) atoms. The largest absolute Gasteiger partial charge is 0.392 e. The summed E-state index contributed by atoms with van der Waals surface area (Å²) in [4.78, 5) is 4.53. The molecule has 108 valence electrons. The van der Waals surface area contributed by atoms with Gasteiger partial charge in [0.15, 0.2) is 0 Å². The van der Waals surface area contributed by atoms with E-state index in [-0.39, 0.29) is 12.1 Å². The van der Waals surface area contributed by atoms with Gasteiger partial charge in [-0.05, 0) is 57.2 Å². The van der Waals surface area contributed by atoms with Crippen LogP contribution in [0.1, 0.15) is 55.7 Å². The number of aryl methyl sites for hydroxylation is 3. The van der Waals surface area contributed by atoms with Crippen LogP contribution in [0.25, 0.3) is 0 Å². The molecule has 1 aromatic heterocycles. The lowest BCUT2D eigenvalue weighted by molar-refractivity contribution is 0.143. The lowest BCUT2D eigenvalue weighted by atomic mass is 9.99. The molecule has 0 saturated heterocycles. The number of hydrogen-bond acceptors (Lipinski definition) is 3. The summed E-state index contributed by atoms with van der Waals surface area (Å²) in [6.07, 6.45) is 0.561. The molecular formula is C16H28N2O. The first-order valence-electron chi connectivity index (χ1n) is 7.17. The molecule has 0 saturated carbocycles. The number of aromatic nitrogens is 1. The van der Waals surface area contributed by atoms with E-state index in [2.05, 4.69) is 51.0 Å². The summed E-state index contributed by atoms with van der Waals surface area (Å²) in [7, 11) is 0. The lowest BCUT2D eigenvalue weighted by Gasteiger charge is -2.21. The van der Waals surface area contributed by atoms with Crippen LogP contribution >= 0.6 is 0 Å². The van der Waals surface area contributed by atoms with Gasteiger partial charge in [-0.3, -0.25) is 4.98 Å². The van der Waals surface area contributed by atoms with E-state index in [9.17, 15) is 5.11 Å². The van der Waals surface area contributed by atoms with Crippen molar-refractivity contribution in [3.05, 3.63) is 28.6 Å². The third kappa shape index (κ3) is 4.92. The fraction of sp³-hybridized carbons (Fsp3) is 0.688. The Morgan fingerprint density at radius 3 is 2.37 bits per heavy atom. The maximum Gasteiger partial charge on any atom is 0.0667 e. The van der Waals surface area contributed by atoms with E-state index >= 15 is 0 Å². The van der Waals surface area contributed by atoms with E-state index < -0.39 is 0 Å². The Hall–Kier alpha value is -0.930. The van der Waals surface area contributed by atoms with E-state index in [1.165, 1.54) is 11.1 Å². The standard InChI is InChI=1S/C16H28N2O/c1-10(2)7-15(19)9-17-13(5)16-11(3)8-12(4)18-14(16)6/h8,10,13,15,17,19H,7,9H2,1-6H3. The van der Waals surface area contributed by atoms with Gasteiger partial charge in [-0.1, -0.05) is 13.8 Å². The van der Waals surface area contributed by atoms with Crippen LogP contribution < -0.4 is 5.32 Å². The second-order valence-electron chi connectivity index (χ2n) is 5.99. The minimum Gasteiger partial charge on any atom is -0.392 e. The van der Waals surface area contributed by atoms with Gasteiger partial charge in [0, 0.05) is 24.0 Å². The monoisotopic (exact) mass is 264 g/mol. The van der Waals surface area contributed by atoms with Crippen molar-refractivity contribution in [2.24, 2.45) is 5.92 Å². The van der Waals surface area contributed by atoms with Crippen molar-refractivity contribution in [3.8, 4) is 0 Å². The van der Waals surface area contributed by atoms with E-state index in [1.807, 2.05) is 6.92 Å². The van der Waals surface area contributed by atoms with E-state index in [0.29, 0.717) is 12.5 Å². The Kier molecular flexibility index (Phi) is 5.95. The highest BCUT2D eigenvalue weighted by atomic mass is 16.3. The number of nitrogens with one attached hydrogen (secondary N) is 1. The molecule has 2 atom stereocenters. The van der Waals surface area contributed by atoms with Crippen molar-refractivity contribution in [2.45, 2.75) is 60.1 Å². The molecule has 2 N–H and O–H groups in total. The molecule has 0 aliphatic heterocycles. The molecule has 0 aliphatic carbocycles. The molecule has 3 heteroatoms. The highest BCUT2D eigenvalue weighted by molar-refractivity contribution is 5.33.